The number of carbonyl (C=O) groups excluding carboxylic acids is 7. The first-order valence-corrected chi connectivity index (χ1v) is 26.1. The van der Waals surface area contributed by atoms with Gasteiger partial charge in [0.1, 0.15) is 17.8 Å². The van der Waals surface area contributed by atoms with Gasteiger partial charge in [-0.2, -0.15) is 0 Å². The summed E-state index contributed by atoms with van der Waals surface area (Å²) in [6.45, 7) is 11.4. The first kappa shape index (κ1) is 52.7. The van der Waals surface area contributed by atoms with Gasteiger partial charge in [-0.3, -0.25) is 33.6 Å². The molecule has 0 aromatic heterocycles. The topological polar surface area (TPSA) is 175 Å². The first-order chi connectivity index (χ1) is 34.0. The van der Waals surface area contributed by atoms with E-state index in [1.54, 1.807) is 72.4 Å². The highest BCUT2D eigenvalue weighted by atomic mass is 79.9. The van der Waals surface area contributed by atoms with Gasteiger partial charge in [-0.05, 0) is 109 Å². The minimum atomic E-state index is -1.11. The number of methoxy groups -OCH3 is 1. The number of para-hydroxylation sites is 2. The monoisotopic (exact) mass is 1030 g/mol. The molecule has 15 heteroatoms. The number of halogens is 1. The molecule has 4 aromatic carbocycles. The van der Waals surface area contributed by atoms with Crippen LogP contribution in [0, 0.1) is 23.7 Å². The number of likely N-dealkylation sites (tertiary alicyclic amines) is 1. The lowest BCUT2D eigenvalue weighted by atomic mass is 9.83. The van der Waals surface area contributed by atoms with Crippen LogP contribution in [-0.2, 0) is 30.5 Å². The number of hydrogen-bond donors (Lipinski definition) is 3. The minimum absolute atomic E-state index is 0.0428. The van der Waals surface area contributed by atoms with E-state index in [1.165, 1.54) is 4.90 Å². The van der Waals surface area contributed by atoms with Gasteiger partial charge < -0.3 is 35.4 Å². The van der Waals surface area contributed by atoms with Crippen molar-refractivity contribution in [3.8, 4) is 5.75 Å². The highest BCUT2D eigenvalue weighted by Gasteiger charge is 2.45. The lowest BCUT2D eigenvalue weighted by Gasteiger charge is -2.35. The molecular weight excluding hydrogens is 965 g/mol. The van der Waals surface area contributed by atoms with Crippen molar-refractivity contribution in [1.82, 2.24) is 20.9 Å². The molecule has 1 saturated carbocycles. The normalized spacial score (nSPS) is 19.6. The third kappa shape index (κ3) is 12.0. The molecule has 2 heterocycles. The Bertz CT molecular complexity index is 2630. The van der Waals surface area contributed by atoms with Gasteiger partial charge in [0.15, 0.2) is 5.78 Å². The number of anilines is 2. The predicted molar refractivity (Wildman–Crippen MR) is 279 cm³/mol. The number of rotatable bonds is 17. The van der Waals surface area contributed by atoms with E-state index in [4.69, 9.17) is 4.74 Å². The van der Waals surface area contributed by atoms with E-state index in [-0.39, 0.29) is 90.8 Å². The lowest BCUT2D eigenvalue weighted by Crippen LogP contribution is -2.56. The van der Waals surface area contributed by atoms with Gasteiger partial charge in [-0.1, -0.05) is 101 Å². The molecule has 14 nitrogen and oxygen atoms in total. The Labute approximate surface area is 426 Å². The van der Waals surface area contributed by atoms with Gasteiger partial charge in [0.25, 0.3) is 17.7 Å². The van der Waals surface area contributed by atoms with Crippen LogP contribution < -0.4 is 30.5 Å². The second-order valence-electron chi connectivity index (χ2n) is 20.1. The molecule has 3 aliphatic rings. The zero-order chi connectivity index (χ0) is 51.1. The van der Waals surface area contributed by atoms with Crippen molar-refractivity contribution >= 4 is 79.3 Å². The van der Waals surface area contributed by atoms with E-state index < -0.39 is 41.9 Å². The van der Waals surface area contributed by atoms with Crippen LogP contribution in [0.1, 0.15) is 126 Å². The molecule has 6 amide bonds. The average Bonchev–Trinajstić information content (AvgIpc) is 3.76. The molecule has 2 aliphatic heterocycles. The molecule has 7 rings (SSSR count). The van der Waals surface area contributed by atoms with Crippen LogP contribution in [0.3, 0.4) is 0 Å². The Morgan fingerprint density at radius 1 is 0.775 bits per heavy atom. The summed E-state index contributed by atoms with van der Waals surface area (Å²) < 4.78 is 6.73. The quantitative estimate of drug-likeness (QED) is 0.0942. The maximum atomic E-state index is 14.9. The second kappa shape index (κ2) is 23.4. The summed E-state index contributed by atoms with van der Waals surface area (Å²) >= 11 is 3.57. The molecule has 0 spiro atoms. The molecule has 3 N–H and O–H groups in total. The zero-order valence-electron chi connectivity index (χ0n) is 42.1. The van der Waals surface area contributed by atoms with Crippen molar-refractivity contribution in [2.75, 3.05) is 30.0 Å². The summed E-state index contributed by atoms with van der Waals surface area (Å²) in [7, 11) is 1.58. The van der Waals surface area contributed by atoms with Crippen molar-refractivity contribution in [2.24, 2.45) is 23.7 Å². The molecule has 378 valence electrons. The van der Waals surface area contributed by atoms with E-state index in [2.05, 4.69) is 31.9 Å². The van der Waals surface area contributed by atoms with Gasteiger partial charge in [-0.15, -0.1) is 0 Å². The van der Waals surface area contributed by atoms with Crippen molar-refractivity contribution < 1.29 is 38.3 Å². The molecule has 4 aromatic rings. The van der Waals surface area contributed by atoms with E-state index in [1.807, 2.05) is 65.0 Å². The van der Waals surface area contributed by atoms with E-state index in [0.717, 1.165) is 52.9 Å². The van der Waals surface area contributed by atoms with Crippen LogP contribution in [0.5, 0.6) is 5.75 Å². The summed E-state index contributed by atoms with van der Waals surface area (Å²) in [6, 6.07) is 19.9. The van der Waals surface area contributed by atoms with Crippen LogP contribution in [0.15, 0.2) is 83.3 Å². The fraction of sp³-hybridized carbons (Fsp3) is 0.482. The first-order valence-electron chi connectivity index (χ1n) is 25.4. The predicted octanol–water partition coefficient (Wildman–Crippen LogP) is 8.76. The lowest BCUT2D eigenvalue weighted by molar-refractivity contribution is -0.143. The maximum Gasteiger partial charge on any atom is 0.258 e. The van der Waals surface area contributed by atoms with Gasteiger partial charge >= 0.3 is 0 Å². The van der Waals surface area contributed by atoms with Gasteiger partial charge in [0, 0.05) is 52.0 Å². The van der Waals surface area contributed by atoms with Crippen molar-refractivity contribution in [2.45, 2.75) is 130 Å². The van der Waals surface area contributed by atoms with Crippen molar-refractivity contribution in [1.29, 1.82) is 0 Å². The fourth-order valence-corrected chi connectivity index (χ4v) is 10.5. The Morgan fingerprint density at radius 2 is 1.44 bits per heavy atom. The minimum Gasteiger partial charge on any atom is -0.496 e. The number of hydrogen-bond acceptors (Lipinski definition) is 8. The number of fused-ring (bicyclic) bond motifs is 2. The van der Waals surface area contributed by atoms with E-state index in [0.29, 0.717) is 30.0 Å². The second-order valence-corrected chi connectivity index (χ2v) is 21.0. The SMILES string of the molecule is CC[C@@H](C)C(=O)N[C@H]1CN(C(=O)c2ccc(C(=O)N[C@H]3C[C@@H](C(=O)CC(C)C)N(C(=O)[C@@H](NC(=O)[C@H](C)CC)C4CCCCC4)C3)cc2)c2ccccc2N(Cc2c(OC)ccc3cc(Br)ccc23)C1=O. The molecule has 0 unspecified atom stereocenters. The number of benzene rings is 4. The number of nitrogens with zero attached hydrogens (tertiary/aromatic N) is 3. The van der Waals surface area contributed by atoms with Crippen LogP contribution in [0.25, 0.3) is 10.8 Å². The average molecular weight is 1030 g/mol. The maximum absolute atomic E-state index is 14.9. The molecule has 0 radical (unpaired) electrons. The number of nitrogens with one attached hydrogen (secondary N) is 3. The summed E-state index contributed by atoms with van der Waals surface area (Å²) in [5.41, 5.74) is 2.20. The molecule has 6 atom stereocenters. The molecule has 0 bridgehead atoms. The van der Waals surface area contributed by atoms with Crippen LogP contribution in [-0.4, -0.2) is 90.5 Å². The number of Topliss-reactive ketones (excluding diaryl/α,β-unsaturated/α-hetero) is 1. The van der Waals surface area contributed by atoms with Crippen molar-refractivity contribution in [3.05, 3.63) is 100 Å². The zero-order valence-corrected chi connectivity index (χ0v) is 43.7. The molecule has 71 heavy (non-hydrogen) atoms. The number of ketones is 1. The van der Waals surface area contributed by atoms with Crippen LogP contribution >= 0.6 is 15.9 Å². The largest absolute Gasteiger partial charge is 0.496 e. The number of amides is 6. The summed E-state index contributed by atoms with van der Waals surface area (Å²) in [4.78, 5) is 104. The Morgan fingerprint density at radius 3 is 2.10 bits per heavy atom. The number of ether oxygens (including phenoxy) is 1. The summed E-state index contributed by atoms with van der Waals surface area (Å²) in [5.74, 6) is -2.18. The van der Waals surface area contributed by atoms with Gasteiger partial charge in [0.2, 0.25) is 17.7 Å². The Kier molecular flexibility index (Phi) is 17.4. The summed E-state index contributed by atoms with van der Waals surface area (Å²) in [6.07, 6.45) is 6.32. The van der Waals surface area contributed by atoms with Crippen molar-refractivity contribution in [3.63, 3.8) is 0 Å². The smallest absolute Gasteiger partial charge is 0.258 e. The third-order valence-corrected chi connectivity index (χ3v) is 15.1. The molecule has 1 aliphatic carbocycles. The Hall–Kier alpha value is -6.09. The molecule has 1 saturated heterocycles. The number of carbonyl (C=O) groups is 7. The van der Waals surface area contributed by atoms with Gasteiger partial charge in [-0.25, -0.2) is 0 Å². The van der Waals surface area contributed by atoms with Crippen LogP contribution in [0.2, 0.25) is 0 Å². The molecular formula is C56H69BrN6O8. The standard InChI is InChI=1S/C56H69BrN6O8/c1-8-34(5)51(65)59-44-32-63(46-18-14-13-17-45(46)62(55(44)69)31-43-42-25-24-40(57)28-39(42)23-26-49(43)71-7)54(68)38-21-19-37(20-22-38)53(67)58-41-29-47(48(64)27-33(3)4)61(30-41)56(70)50(36-15-11-10-12-16-36)60-52(66)35(6)9-2/h13-14,17-26,28,33-36,41,44,47,50H,8-12,15-16,27,29-32H2,1-7H3,(H,58,67)(H,59,65)(H,60,66)/t34-,35-,41+,44+,47+,50+/m1/s1. The van der Waals surface area contributed by atoms with E-state index >= 15 is 0 Å². The fourth-order valence-electron chi connectivity index (χ4n) is 10.1. The Balaban J connectivity index is 1.14. The van der Waals surface area contributed by atoms with Crippen LogP contribution in [0.4, 0.5) is 11.4 Å². The van der Waals surface area contributed by atoms with Gasteiger partial charge in [0.05, 0.1) is 37.6 Å². The summed E-state index contributed by atoms with van der Waals surface area (Å²) in [5, 5.41) is 10.9. The third-order valence-electron chi connectivity index (χ3n) is 14.6. The highest BCUT2D eigenvalue weighted by Crippen LogP contribution is 2.39. The van der Waals surface area contributed by atoms with E-state index in [9.17, 15) is 33.6 Å². The highest BCUT2D eigenvalue weighted by molar-refractivity contribution is 9.10. The molecule has 2 fully saturated rings.